The third-order valence-corrected chi connectivity index (χ3v) is 7.33. The van der Waals surface area contributed by atoms with Crippen LogP contribution in [-0.4, -0.2) is 92.4 Å². The number of aliphatic hydroxyl groups is 4. The molecule has 0 aromatic heterocycles. The van der Waals surface area contributed by atoms with Crippen molar-refractivity contribution >= 4 is 35.0 Å². The maximum absolute atomic E-state index is 13.8. The molecule has 0 heterocycles. The fourth-order valence-corrected chi connectivity index (χ4v) is 5.54. The number of carbonyl (C=O) groups excluding carboxylic acids is 4. The predicted molar refractivity (Wildman–Crippen MR) is 140 cm³/mol. The predicted octanol–water partition coefficient (Wildman–Crippen LogP) is 0.539. The van der Waals surface area contributed by atoms with Gasteiger partial charge in [-0.3, -0.25) is 24.6 Å². The van der Waals surface area contributed by atoms with Gasteiger partial charge in [0.05, 0.1) is 35.9 Å². The van der Waals surface area contributed by atoms with Gasteiger partial charge >= 0.3 is 6.09 Å². The van der Waals surface area contributed by atoms with Crippen LogP contribution in [0.25, 0.3) is 5.76 Å². The van der Waals surface area contributed by atoms with Gasteiger partial charge < -0.3 is 36.0 Å². The fourth-order valence-electron chi connectivity index (χ4n) is 5.54. The summed E-state index contributed by atoms with van der Waals surface area (Å²) in [7, 11) is 2.84. The normalized spacial score (nSPS) is 28.2. The molecule has 215 valence electrons. The first kappa shape index (κ1) is 29.1. The lowest BCUT2D eigenvalue weighted by atomic mass is 9.56. The second kappa shape index (κ2) is 9.61. The van der Waals surface area contributed by atoms with Gasteiger partial charge in [0.2, 0.25) is 5.78 Å². The summed E-state index contributed by atoms with van der Waals surface area (Å²) < 4.78 is 5.14. The van der Waals surface area contributed by atoms with E-state index in [1.165, 1.54) is 37.5 Å². The van der Waals surface area contributed by atoms with Gasteiger partial charge in [-0.2, -0.15) is 0 Å². The van der Waals surface area contributed by atoms with Gasteiger partial charge in [-0.1, -0.05) is 26.8 Å². The lowest BCUT2D eigenvalue weighted by Gasteiger charge is -2.52. The molecule has 40 heavy (non-hydrogen) atoms. The van der Waals surface area contributed by atoms with Crippen LogP contribution in [0.2, 0.25) is 0 Å². The number of ketones is 2. The van der Waals surface area contributed by atoms with Crippen LogP contribution in [-0.2, 0) is 19.1 Å². The highest BCUT2D eigenvalue weighted by atomic mass is 16.5. The third kappa shape index (κ3) is 4.30. The molecule has 0 spiro atoms. The average Bonchev–Trinajstić information content (AvgIpc) is 2.83. The number of amides is 2. The van der Waals surface area contributed by atoms with Gasteiger partial charge in [0.15, 0.2) is 11.4 Å². The van der Waals surface area contributed by atoms with E-state index in [9.17, 15) is 44.7 Å². The number of primary amides is 1. The number of hydrogen-bond acceptors (Lipinski definition) is 11. The number of carbonyl (C=O) groups is 4. The highest BCUT2D eigenvalue weighted by molar-refractivity contribution is 6.24. The Bertz CT molecular complexity index is 1390. The van der Waals surface area contributed by atoms with E-state index in [1.54, 1.807) is 0 Å². The Hall–Kier alpha value is -3.94. The lowest BCUT2D eigenvalue weighted by Crippen LogP contribution is -2.70. The van der Waals surface area contributed by atoms with Crippen LogP contribution >= 0.6 is 0 Å². The molecule has 1 aromatic rings. The largest absolute Gasteiger partial charge is 0.508 e. The molecule has 0 saturated heterocycles. The van der Waals surface area contributed by atoms with Crippen molar-refractivity contribution in [3.05, 3.63) is 46.6 Å². The van der Waals surface area contributed by atoms with Gasteiger partial charge in [0.1, 0.15) is 22.8 Å². The van der Waals surface area contributed by atoms with E-state index in [-0.39, 0.29) is 28.8 Å². The number of aromatic hydroxyl groups is 1. The number of benzene rings is 1. The number of rotatable bonds is 4. The summed E-state index contributed by atoms with van der Waals surface area (Å²) in [6.07, 6.45) is -1.25. The molecular formula is C27H32N3O10. The van der Waals surface area contributed by atoms with Crippen LogP contribution in [0, 0.1) is 23.7 Å². The number of anilines is 1. The first-order valence-corrected chi connectivity index (χ1v) is 12.4. The summed E-state index contributed by atoms with van der Waals surface area (Å²) >= 11 is 0. The molecule has 1 aromatic carbocycles. The number of likely N-dealkylation sites (N-methyl/N-ethyl adjacent to an activating group) is 1. The van der Waals surface area contributed by atoms with Crippen LogP contribution in [0.4, 0.5) is 10.5 Å². The summed E-state index contributed by atoms with van der Waals surface area (Å²) in [6.45, 7) is 5.62. The van der Waals surface area contributed by atoms with E-state index >= 15 is 0 Å². The number of aliphatic hydroxyl groups excluding tert-OH is 3. The number of fused-ring (bicyclic) bond motifs is 3. The quantitative estimate of drug-likeness (QED) is 0.200. The van der Waals surface area contributed by atoms with Crippen molar-refractivity contribution in [2.75, 3.05) is 26.0 Å². The standard InChI is InChI=1S/C27H32N3O10/c1-26(2,3)9-40-25(38)29-12-7-6-10-8-11-14(20(33)13(10)19(12)32)22(35)27(39)16(18(11)31)17(30(4)5)21(34)15(23(27)36)24(28)37/h6-8,11,16-18,31-33,36,39H,9H2,1-5H3,(H2,28,37)(H,29,38)/t11-,16-,17+,18+,27+/m0/s1. The van der Waals surface area contributed by atoms with Crippen LogP contribution in [0.3, 0.4) is 0 Å². The number of ether oxygens (including phenoxy) is 1. The zero-order valence-electron chi connectivity index (χ0n) is 22.6. The Morgan fingerprint density at radius 1 is 1.15 bits per heavy atom. The number of phenolic OH excluding ortho intramolecular Hbond substituents is 1. The molecule has 3 aliphatic carbocycles. The van der Waals surface area contributed by atoms with Crippen molar-refractivity contribution in [3.8, 4) is 5.75 Å². The molecule has 13 nitrogen and oxygen atoms in total. The van der Waals surface area contributed by atoms with Crippen molar-refractivity contribution in [2.24, 2.45) is 23.0 Å². The minimum Gasteiger partial charge on any atom is -0.508 e. The van der Waals surface area contributed by atoms with Crippen molar-refractivity contribution in [1.82, 2.24) is 4.90 Å². The van der Waals surface area contributed by atoms with E-state index < -0.39 is 81.6 Å². The summed E-state index contributed by atoms with van der Waals surface area (Å²) in [4.78, 5) is 52.6. The molecule has 2 amide bonds. The minimum atomic E-state index is -3.01. The minimum absolute atomic E-state index is 0.0716. The maximum atomic E-state index is 13.8. The molecule has 1 radical (unpaired) electrons. The van der Waals surface area contributed by atoms with Crippen molar-refractivity contribution in [2.45, 2.75) is 38.5 Å². The molecule has 1 fully saturated rings. The Labute approximate surface area is 229 Å². The molecule has 5 atom stereocenters. The Balaban J connectivity index is 1.84. The monoisotopic (exact) mass is 558 g/mol. The van der Waals surface area contributed by atoms with Crippen molar-refractivity contribution in [3.63, 3.8) is 0 Å². The van der Waals surface area contributed by atoms with Gasteiger partial charge in [-0.05, 0) is 31.1 Å². The van der Waals surface area contributed by atoms with Crippen LogP contribution in [0.15, 0.2) is 29.0 Å². The first-order valence-electron chi connectivity index (χ1n) is 12.4. The molecule has 13 heteroatoms. The molecule has 0 aliphatic heterocycles. The number of Topliss-reactive ketones (excluding diaryl/α,β-unsaturated/α-hetero) is 2. The van der Waals surface area contributed by atoms with E-state index in [0.717, 1.165) is 0 Å². The molecular weight excluding hydrogens is 526 g/mol. The highest BCUT2D eigenvalue weighted by Crippen LogP contribution is 2.53. The van der Waals surface area contributed by atoms with Gasteiger partial charge in [-0.15, -0.1) is 0 Å². The lowest BCUT2D eigenvalue weighted by molar-refractivity contribution is -0.167. The van der Waals surface area contributed by atoms with E-state index in [2.05, 4.69) is 5.32 Å². The molecule has 1 saturated carbocycles. The topological polar surface area (TPSA) is 220 Å². The molecule has 8 N–H and O–H groups in total. The maximum Gasteiger partial charge on any atom is 0.411 e. The second-order valence-corrected chi connectivity index (χ2v) is 11.6. The van der Waals surface area contributed by atoms with E-state index in [1.807, 2.05) is 20.8 Å². The molecule has 4 rings (SSSR count). The average molecular weight is 559 g/mol. The third-order valence-electron chi connectivity index (χ3n) is 7.33. The number of nitrogens with one attached hydrogen (secondary N) is 1. The SMILES string of the molecule is CN(C)[C@H]1C(=O)C(C(N)=O)=C(O)[C@]2(O)C(=O)C3=C(O)c4c(ccc(NC(=O)OCC(C)(C)C)c4O)[CH][C@@H]3[C@@H](O)[C@H]12. The Morgan fingerprint density at radius 3 is 2.33 bits per heavy atom. The molecule has 3 aliphatic rings. The number of phenols is 1. The zero-order chi connectivity index (χ0) is 30.1. The van der Waals surface area contributed by atoms with Crippen LogP contribution in [0.1, 0.15) is 31.9 Å². The summed E-state index contributed by atoms with van der Waals surface area (Å²) in [5.74, 6) is -9.42. The summed E-state index contributed by atoms with van der Waals surface area (Å²) in [5.41, 5.74) is 0.0890. The second-order valence-electron chi connectivity index (χ2n) is 11.6. The van der Waals surface area contributed by atoms with E-state index in [0.29, 0.717) is 0 Å². The summed E-state index contributed by atoms with van der Waals surface area (Å²) in [6, 6.07) is 1.30. The molecule has 0 unspecified atom stereocenters. The smallest absolute Gasteiger partial charge is 0.411 e. The van der Waals surface area contributed by atoms with Crippen molar-refractivity contribution < 1.29 is 49.4 Å². The van der Waals surface area contributed by atoms with Crippen LogP contribution < -0.4 is 11.1 Å². The summed E-state index contributed by atoms with van der Waals surface area (Å²) in [5, 5.41) is 58.5. The number of nitrogens with two attached hydrogens (primary N) is 1. The highest BCUT2D eigenvalue weighted by Gasteiger charge is 2.67. The van der Waals surface area contributed by atoms with Crippen molar-refractivity contribution in [1.29, 1.82) is 0 Å². The fraction of sp³-hybridized carbons (Fsp3) is 0.444. The Morgan fingerprint density at radius 2 is 1.77 bits per heavy atom. The zero-order valence-corrected chi connectivity index (χ0v) is 22.6. The Kier molecular flexibility index (Phi) is 6.98. The van der Waals surface area contributed by atoms with Gasteiger partial charge in [0, 0.05) is 17.9 Å². The van der Waals surface area contributed by atoms with E-state index in [4.69, 9.17) is 10.5 Å². The van der Waals surface area contributed by atoms with Gasteiger partial charge in [0.25, 0.3) is 5.91 Å². The number of nitrogens with zero attached hydrogens (tertiary/aromatic N) is 1. The van der Waals surface area contributed by atoms with Crippen LogP contribution in [0.5, 0.6) is 5.75 Å². The first-order chi connectivity index (χ1) is 18.4. The van der Waals surface area contributed by atoms with Gasteiger partial charge in [-0.25, -0.2) is 4.79 Å². The molecule has 0 bridgehead atoms. The number of hydrogen-bond donors (Lipinski definition) is 7.